The molecule has 0 aliphatic rings. The Bertz CT molecular complexity index is 1030. The number of benzene rings is 1. The van der Waals surface area contributed by atoms with Gasteiger partial charge in [0.05, 0.1) is 23.2 Å². The first-order valence-electron chi connectivity index (χ1n) is 7.83. The highest BCUT2D eigenvalue weighted by atomic mass is 79.9. The second kappa shape index (κ2) is 7.56. The maximum Gasteiger partial charge on any atom is 0.241 e. The second-order valence-corrected chi connectivity index (χ2v) is 8.35. The molecule has 0 aliphatic carbocycles. The number of hydrogen-bond donors (Lipinski definition) is 2. The van der Waals surface area contributed by atoms with Crippen LogP contribution in [0.3, 0.4) is 0 Å². The minimum atomic E-state index is -3.75. The first-order valence-corrected chi connectivity index (χ1v) is 10.1. The maximum absolute atomic E-state index is 12.3. The summed E-state index contributed by atoms with van der Waals surface area (Å²) in [4.78, 5) is 16.7. The molecule has 9 heteroatoms. The fourth-order valence-electron chi connectivity index (χ4n) is 2.39. The molecule has 7 nitrogen and oxygen atoms in total. The number of nitrogens with one attached hydrogen (secondary N) is 2. The molecule has 26 heavy (non-hydrogen) atoms. The summed E-state index contributed by atoms with van der Waals surface area (Å²) in [6.07, 6.45) is 3.67. The van der Waals surface area contributed by atoms with Crippen molar-refractivity contribution in [2.45, 2.75) is 24.4 Å². The summed E-state index contributed by atoms with van der Waals surface area (Å²) in [6, 6.07) is 10.7. The van der Waals surface area contributed by atoms with Crippen LogP contribution in [-0.2, 0) is 21.4 Å². The van der Waals surface area contributed by atoms with Crippen LogP contribution in [-0.4, -0.2) is 29.8 Å². The highest BCUT2D eigenvalue weighted by molar-refractivity contribution is 9.10. The number of halogens is 1. The molecular weight excluding hydrogens is 420 g/mol. The first kappa shape index (κ1) is 18.6. The summed E-state index contributed by atoms with van der Waals surface area (Å²) in [5.41, 5.74) is 1.44. The fraction of sp³-hybridized carbons (Fsp3) is 0.176. The van der Waals surface area contributed by atoms with Gasteiger partial charge < -0.3 is 9.72 Å². The van der Waals surface area contributed by atoms with Gasteiger partial charge in [-0.05, 0) is 47.1 Å². The quantitative estimate of drug-likeness (QED) is 0.618. The van der Waals surface area contributed by atoms with Gasteiger partial charge in [0.15, 0.2) is 0 Å². The van der Waals surface area contributed by atoms with Gasteiger partial charge in [-0.25, -0.2) is 13.4 Å². The Morgan fingerprint density at radius 1 is 1.19 bits per heavy atom. The number of rotatable bonds is 6. The lowest BCUT2D eigenvalue weighted by Crippen LogP contribution is -2.44. The summed E-state index contributed by atoms with van der Waals surface area (Å²) in [6.45, 7) is 1.70. The van der Waals surface area contributed by atoms with E-state index in [0.29, 0.717) is 5.69 Å². The topological polar surface area (TPSA) is 92.6 Å². The maximum atomic E-state index is 12.3. The summed E-state index contributed by atoms with van der Waals surface area (Å²) in [5, 5.41) is 2.69. The summed E-state index contributed by atoms with van der Waals surface area (Å²) < 4.78 is 29.6. The lowest BCUT2D eigenvalue weighted by atomic mass is 10.3. The van der Waals surface area contributed by atoms with Gasteiger partial charge in [-0.3, -0.25) is 4.79 Å². The van der Waals surface area contributed by atoms with Crippen molar-refractivity contribution in [1.82, 2.24) is 19.4 Å². The van der Waals surface area contributed by atoms with Crippen LogP contribution in [0, 0.1) is 0 Å². The molecular formula is C17H17BrN4O3S. The largest absolute Gasteiger partial charge is 0.349 e. The zero-order chi connectivity index (χ0) is 18.7. The van der Waals surface area contributed by atoms with E-state index in [1.807, 2.05) is 22.7 Å². The van der Waals surface area contributed by atoms with Crippen LogP contribution < -0.4 is 10.0 Å². The molecule has 2 aromatic heterocycles. The van der Waals surface area contributed by atoms with E-state index in [-0.39, 0.29) is 11.4 Å². The molecule has 1 aromatic carbocycles. The Kier molecular flexibility index (Phi) is 5.40. The molecule has 2 N–H and O–H groups in total. The van der Waals surface area contributed by atoms with Crippen LogP contribution in [0.2, 0.25) is 0 Å². The van der Waals surface area contributed by atoms with Crippen molar-refractivity contribution in [2.24, 2.45) is 0 Å². The van der Waals surface area contributed by atoms with Gasteiger partial charge in [0.2, 0.25) is 15.9 Å². The average molecular weight is 437 g/mol. The Balaban J connectivity index is 1.62. The SMILES string of the molecule is C[C@H](NS(=O)(=O)c1ccccc1)C(=O)NCc1cn2cc(Br)ccc2n1. The number of sulfonamides is 1. The van der Waals surface area contributed by atoms with Crippen LogP contribution in [0.5, 0.6) is 0 Å². The Morgan fingerprint density at radius 3 is 2.65 bits per heavy atom. The standard InChI is InChI=1S/C17H17BrN4O3S/c1-12(21-26(24,25)15-5-3-2-4-6-15)17(23)19-9-14-11-22-10-13(18)7-8-16(22)20-14/h2-8,10-12,21H,9H2,1H3,(H,19,23)/t12-/m0/s1. The normalized spacial score (nSPS) is 12.8. The highest BCUT2D eigenvalue weighted by Gasteiger charge is 2.21. The van der Waals surface area contributed by atoms with Crippen molar-refractivity contribution in [2.75, 3.05) is 0 Å². The van der Waals surface area contributed by atoms with Crippen molar-refractivity contribution in [1.29, 1.82) is 0 Å². The van der Waals surface area contributed by atoms with Crippen molar-refractivity contribution >= 4 is 37.5 Å². The zero-order valence-electron chi connectivity index (χ0n) is 13.9. The van der Waals surface area contributed by atoms with E-state index in [1.165, 1.54) is 19.1 Å². The smallest absolute Gasteiger partial charge is 0.241 e. The number of nitrogens with zero attached hydrogens (tertiary/aromatic N) is 2. The third kappa shape index (κ3) is 4.29. The minimum absolute atomic E-state index is 0.116. The molecule has 1 amide bonds. The van der Waals surface area contributed by atoms with E-state index in [1.54, 1.807) is 24.4 Å². The number of imidazole rings is 1. The number of carbonyl (C=O) groups is 1. The van der Waals surface area contributed by atoms with Crippen molar-refractivity contribution < 1.29 is 13.2 Å². The van der Waals surface area contributed by atoms with E-state index in [2.05, 4.69) is 31.0 Å². The number of hydrogen-bond acceptors (Lipinski definition) is 4. The third-order valence-electron chi connectivity index (χ3n) is 3.69. The predicted molar refractivity (Wildman–Crippen MR) is 101 cm³/mol. The van der Waals surface area contributed by atoms with Crippen molar-refractivity contribution in [3.8, 4) is 0 Å². The molecule has 0 unspecified atom stereocenters. The fourth-order valence-corrected chi connectivity index (χ4v) is 3.96. The highest BCUT2D eigenvalue weighted by Crippen LogP contribution is 2.12. The molecule has 0 aliphatic heterocycles. The summed E-state index contributed by atoms with van der Waals surface area (Å²) in [5.74, 6) is -0.428. The number of pyridine rings is 1. The molecule has 0 saturated carbocycles. The molecule has 3 aromatic rings. The molecule has 1 atom stereocenters. The van der Waals surface area contributed by atoms with Gasteiger partial charge in [-0.2, -0.15) is 4.72 Å². The molecule has 136 valence electrons. The van der Waals surface area contributed by atoms with Crippen LogP contribution in [0.1, 0.15) is 12.6 Å². The molecule has 2 heterocycles. The summed E-state index contributed by atoms with van der Waals surface area (Å²) >= 11 is 3.39. The van der Waals surface area contributed by atoms with Crippen molar-refractivity contribution in [3.63, 3.8) is 0 Å². The Hall–Kier alpha value is -2.23. The van der Waals surface area contributed by atoms with Gasteiger partial charge in [0, 0.05) is 16.9 Å². The number of fused-ring (bicyclic) bond motifs is 1. The van der Waals surface area contributed by atoms with Crippen LogP contribution in [0.25, 0.3) is 5.65 Å². The lowest BCUT2D eigenvalue weighted by molar-refractivity contribution is -0.122. The predicted octanol–water partition coefficient (Wildman–Crippen LogP) is 2.08. The molecule has 0 radical (unpaired) electrons. The summed E-state index contributed by atoms with van der Waals surface area (Å²) in [7, 11) is -3.75. The molecule has 0 saturated heterocycles. The van der Waals surface area contributed by atoms with Crippen LogP contribution in [0.15, 0.2) is 64.2 Å². The van der Waals surface area contributed by atoms with Crippen LogP contribution in [0.4, 0.5) is 0 Å². The zero-order valence-corrected chi connectivity index (χ0v) is 16.3. The van der Waals surface area contributed by atoms with E-state index in [0.717, 1.165) is 10.1 Å². The third-order valence-corrected chi connectivity index (χ3v) is 5.71. The van der Waals surface area contributed by atoms with Crippen molar-refractivity contribution in [3.05, 3.63) is 65.0 Å². The van der Waals surface area contributed by atoms with E-state index < -0.39 is 22.0 Å². The number of aromatic nitrogens is 2. The second-order valence-electron chi connectivity index (χ2n) is 5.72. The molecule has 0 spiro atoms. The van der Waals surface area contributed by atoms with E-state index >= 15 is 0 Å². The van der Waals surface area contributed by atoms with E-state index in [4.69, 9.17) is 0 Å². The first-order chi connectivity index (χ1) is 12.3. The van der Waals surface area contributed by atoms with Gasteiger partial charge in [0.25, 0.3) is 0 Å². The van der Waals surface area contributed by atoms with E-state index in [9.17, 15) is 13.2 Å². The van der Waals surface area contributed by atoms with Gasteiger partial charge >= 0.3 is 0 Å². The van der Waals surface area contributed by atoms with Gasteiger partial charge in [-0.1, -0.05) is 18.2 Å². The van der Waals surface area contributed by atoms with Crippen LogP contribution >= 0.6 is 15.9 Å². The average Bonchev–Trinajstić information content (AvgIpc) is 3.02. The van der Waals surface area contributed by atoms with Gasteiger partial charge in [0.1, 0.15) is 5.65 Å². The molecule has 0 fully saturated rings. The van der Waals surface area contributed by atoms with Gasteiger partial charge in [-0.15, -0.1) is 0 Å². The molecule has 3 rings (SSSR count). The monoisotopic (exact) mass is 436 g/mol. The lowest BCUT2D eigenvalue weighted by Gasteiger charge is -2.14. The number of amides is 1. The molecule has 0 bridgehead atoms. The Morgan fingerprint density at radius 2 is 1.92 bits per heavy atom. The Labute approximate surface area is 159 Å². The number of carbonyl (C=O) groups excluding carboxylic acids is 1. The minimum Gasteiger partial charge on any atom is -0.349 e.